The zero-order valence-corrected chi connectivity index (χ0v) is 11.3. The van der Waals surface area contributed by atoms with Crippen molar-refractivity contribution in [3.63, 3.8) is 0 Å². The minimum Gasteiger partial charge on any atom is -0.228 e. The lowest BCUT2D eigenvalue weighted by Gasteiger charge is -1.91. The van der Waals surface area contributed by atoms with E-state index in [4.69, 9.17) is 0 Å². The van der Waals surface area contributed by atoms with Gasteiger partial charge in [-0.05, 0) is 46.1 Å². The van der Waals surface area contributed by atoms with Gasteiger partial charge in [-0.25, -0.2) is 9.97 Å². The van der Waals surface area contributed by atoms with E-state index < -0.39 is 0 Å². The second kappa shape index (κ2) is 5.24. The van der Waals surface area contributed by atoms with Crippen molar-refractivity contribution in [3.05, 3.63) is 57.0 Å². The molecule has 0 unspecified atom stereocenters. The third-order valence-electron chi connectivity index (χ3n) is 1.78. The van der Waals surface area contributed by atoms with Gasteiger partial charge in [-0.15, -0.1) is 0 Å². The minimum atomic E-state index is 0.520. The van der Waals surface area contributed by atoms with E-state index in [0.717, 1.165) is 14.5 Å². The van der Waals surface area contributed by atoms with Crippen LogP contribution in [0.25, 0.3) is 0 Å². The Morgan fingerprint density at radius 3 is 2.06 bits per heavy atom. The summed E-state index contributed by atoms with van der Waals surface area (Å²) in [6.07, 6.45) is 3.36. The van der Waals surface area contributed by atoms with Crippen LogP contribution in [0.5, 0.6) is 0 Å². The zero-order valence-electron chi connectivity index (χ0n) is 8.11. The van der Waals surface area contributed by atoms with Crippen molar-refractivity contribution in [1.82, 2.24) is 9.97 Å². The molecule has 0 fully saturated rings. The Balaban J connectivity index is 2.21. The molecule has 0 amide bonds. The maximum absolute atomic E-state index is 4.07. The van der Waals surface area contributed by atoms with Crippen LogP contribution in [-0.4, -0.2) is 9.97 Å². The number of aromatic nitrogens is 2. The third kappa shape index (κ3) is 3.16. The number of rotatable bonds is 0. The van der Waals surface area contributed by atoms with E-state index in [1.165, 1.54) is 0 Å². The number of hydrogen-bond donors (Lipinski definition) is 0. The molecule has 1 heterocycles. The topological polar surface area (TPSA) is 25.8 Å². The minimum absolute atomic E-state index is 0.520. The highest BCUT2D eigenvalue weighted by atomic mass is 79.9. The molecule has 0 aliphatic rings. The van der Waals surface area contributed by atoms with E-state index in [0.29, 0.717) is 5.82 Å². The van der Waals surface area contributed by atoms with Gasteiger partial charge in [-0.1, -0.05) is 21.9 Å². The molecule has 0 atom stereocenters. The van der Waals surface area contributed by atoms with Crippen LogP contribution in [0.15, 0.2) is 45.6 Å². The average Bonchev–Trinajstić information content (AvgIpc) is 2.30. The van der Waals surface area contributed by atoms with Gasteiger partial charge in [0.25, 0.3) is 0 Å². The second-order valence-electron chi connectivity index (χ2n) is 2.98. The first-order chi connectivity index (χ1) is 7.74. The SMILES string of the molecule is Brc1ccc(C#Cc2ncc(Br)cn2)cc1. The smallest absolute Gasteiger partial charge is 0.205 e. The van der Waals surface area contributed by atoms with Crippen LogP contribution in [0.3, 0.4) is 0 Å². The lowest BCUT2D eigenvalue weighted by molar-refractivity contribution is 1.11. The summed E-state index contributed by atoms with van der Waals surface area (Å²) < 4.78 is 1.89. The molecule has 0 bridgehead atoms. The lowest BCUT2D eigenvalue weighted by Crippen LogP contribution is -1.86. The van der Waals surface area contributed by atoms with E-state index in [1.54, 1.807) is 12.4 Å². The van der Waals surface area contributed by atoms with Crippen molar-refractivity contribution in [1.29, 1.82) is 0 Å². The molecule has 0 aliphatic carbocycles. The molecular formula is C12H6Br2N2. The third-order valence-corrected chi connectivity index (χ3v) is 2.72. The fourth-order valence-electron chi connectivity index (χ4n) is 1.04. The van der Waals surface area contributed by atoms with E-state index in [9.17, 15) is 0 Å². The molecule has 0 aliphatic heterocycles. The summed E-state index contributed by atoms with van der Waals surface area (Å²) in [5, 5.41) is 0. The largest absolute Gasteiger partial charge is 0.228 e. The summed E-state index contributed by atoms with van der Waals surface area (Å²) in [5.41, 5.74) is 0.940. The van der Waals surface area contributed by atoms with Gasteiger partial charge in [0.2, 0.25) is 5.82 Å². The van der Waals surface area contributed by atoms with Gasteiger partial charge in [-0.2, -0.15) is 0 Å². The highest BCUT2D eigenvalue weighted by Crippen LogP contribution is 2.09. The Labute approximate surface area is 110 Å². The van der Waals surface area contributed by atoms with Crippen LogP contribution in [0.2, 0.25) is 0 Å². The Hall–Kier alpha value is -1.18. The Kier molecular flexibility index (Phi) is 3.70. The van der Waals surface area contributed by atoms with Gasteiger partial charge in [0.05, 0.1) is 4.47 Å². The van der Waals surface area contributed by atoms with Gasteiger partial charge in [0.15, 0.2) is 0 Å². The molecule has 1 aromatic heterocycles. The molecule has 0 saturated heterocycles. The first kappa shape index (κ1) is 11.3. The standard InChI is InChI=1S/C12H6Br2N2/c13-10-4-1-9(2-5-10)3-6-12-15-7-11(14)8-16-12/h1-2,4-5,7-8H. The number of nitrogens with zero attached hydrogens (tertiary/aromatic N) is 2. The molecule has 16 heavy (non-hydrogen) atoms. The summed E-state index contributed by atoms with van der Waals surface area (Å²) in [6, 6.07) is 7.78. The quantitative estimate of drug-likeness (QED) is 0.688. The summed E-state index contributed by atoms with van der Waals surface area (Å²) >= 11 is 6.64. The molecule has 2 nitrogen and oxygen atoms in total. The molecule has 1 aromatic carbocycles. The molecule has 0 saturated carbocycles. The molecule has 78 valence electrons. The van der Waals surface area contributed by atoms with Gasteiger partial charge in [-0.3, -0.25) is 0 Å². The average molecular weight is 338 g/mol. The summed E-state index contributed by atoms with van der Waals surface area (Å²) in [7, 11) is 0. The zero-order chi connectivity index (χ0) is 11.4. The first-order valence-electron chi connectivity index (χ1n) is 4.49. The van der Waals surface area contributed by atoms with Crippen molar-refractivity contribution >= 4 is 31.9 Å². The van der Waals surface area contributed by atoms with E-state index in [-0.39, 0.29) is 0 Å². The summed E-state index contributed by atoms with van der Waals surface area (Å²) in [4.78, 5) is 8.14. The van der Waals surface area contributed by atoms with Gasteiger partial charge >= 0.3 is 0 Å². The van der Waals surface area contributed by atoms with Crippen LogP contribution in [0.1, 0.15) is 11.4 Å². The maximum atomic E-state index is 4.07. The molecule has 2 rings (SSSR count). The van der Waals surface area contributed by atoms with Crippen LogP contribution in [0.4, 0.5) is 0 Å². The number of halogens is 2. The molecule has 2 aromatic rings. The van der Waals surface area contributed by atoms with Gasteiger partial charge < -0.3 is 0 Å². The van der Waals surface area contributed by atoms with Gasteiger partial charge in [0.1, 0.15) is 0 Å². The predicted molar refractivity (Wildman–Crippen MR) is 69.9 cm³/mol. The van der Waals surface area contributed by atoms with Crippen molar-refractivity contribution in [2.45, 2.75) is 0 Å². The molecule has 4 heteroatoms. The first-order valence-corrected chi connectivity index (χ1v) is 6.08. The second-order valence-corrected chi connectivity index (χ2v) is 4.81. The lowest BCUT2D eigenvalue weighted by atomic mass is 10.2. The van der Waals surface area contributed by atoms with Crippen LogP contribution in [-0.2, 0) is 0 Å². The van der Waals surface area contributed by atoms with Crippen LogP contribution in [0, 0.1) is 11.8 Å². The normalized spacial score (nSPS) is 9.38. The molecule has 0 N–H and O–H groups in total. The number of benzene rings is 1. The fourth-order valence-corrected chi connectivity index (χ4v) is 1.51. The van der Waals surface area contributed by atoms with Crippen LogP contribution < -0.4 is 0 Å². The maximum Gasteiger partial charge on any atom is 0.205 e. The monoisotopic (exact) mass is 336 g/mol. The molecule has 0 spiro atoms. The van der Waals surface area contributed by atoms with Crippen LogP contribution >= 0.6 is 31.9 Å². The van der Waals surface area contributed by atoms with Crippen molar-refractivity contribution in [2.75, 3.05) is 0 Å². The summed E-state index contributed by atoms with van der Waals surface area (Å²) in [5.74, 6) is 6.42. The predicted octanol–water partition coefficient (Wildman–Crippen LogP) is 3.40. The summed E-state index contributed by atoms with van der Waals surface area (Å²) in [6.45, 7) is 0. The molecule has 0 radical (unpaired) electrons. The van der Waals surface area contributed by atoms with Crippen molar-refractivity contribution in [2.24, 2.45) is 0 Å². The highest BCUT2D eigenvalue weighted by molar-refractivity contribution is 9.10. The number of hydrogen-bond acceptors (Lipinski definition) is 2. The van der Waals surface area contributed by atoms with E-state index in [2.05, 4.69) is 53.7 Å². The van der Waals surface area contributed by atoms with Crippen molar-refractivity contribution < 1.29 is 0 Å². The highest BCUT2D eigenvalue weighted by Gasteiger charge is 1.91. The molecular weight excluding hydrogens is 332 g/mol. The van der Waals surface area contributed by atoms with Gasteiger partial charge in [0, 0.05) is 22.4 Å². The Bertz CT molecular complexity index is 486. The fraction of sp³-hybridized carbons (Fsp3) is 0. The van der Waals surface area contributed by atoms with Crippen molar-refractivity contribution in [3.8, 4) is 11.8 Å². The Morgan fingerprint density at radius 2 is 1.44 bits per heavy atom. The van der Waals surface area contributed by atoms with E-state index in [1.807, 2.05) is 24.3 Å². The van der Waals surface area contributed by atoms with E-state index >= 15 is 0 Å². The Morgan fingerprint density at radius 1 is 0.812 bits per heavy atom.